The number of imidazole rings is 1. The molecule has 0 aliphatic carbocycles. The Morgan fingerprint density at radius 2 is 1.82 bits per heavy atom. The van der Waals surface area contributed by atoms with Gasteiger partial charge in [0.25, 0.3) is 5.56 Å². The van der Waals surface area contributed by atoms with Crippen molar-refractivity contribution in [1.82, 2.24) is 18.7 Å². The number of nitrogens with one attached hydrogen (secondary N) is 1. The fraction of sp³-hybridized carbons (Fsp3) is 0.455. The number of carbonyl (C=O) groups is 1. The largest absolute Gasteiger partial charge is 0.494 e. The van der Waals surface area contributed by atoms with E-state index in [9.17, 15) is 14.4 Å². The van der Waals surface area contributed by atoms with Crippen LogP contribution in [-0.2, 0) is 25.4 Å². The highest BCUT2D eigenvalue weighted by Crippen LogP contribution is 2.30. The van der Waals surface area contributed by atoms with E-state index in [1.807, 2.05) is 20.8 Å². The Bertz CT molecular complexity index is 1280. The lowest BCUT2D eigenvalue weighted by atomic mass is 10.2. The van der Waals surface area contributed by atoms with Crippen molar-refractivity contribution < 1.29 is 14.3 Å². The van der Waals surface area contributed by atoms with E-state index in [1.165, 1.54) is 23.4 Å². The summed E-state index contributed by atoms with van der Waals surface area (Å²) in [5.41, 5.74) is 0.335. The minimum absolute atomic E-state index is 0.0612. The number of nitrogens with zero attached hydrogens (tertiary/aromatic N) is 4. The molecule has 0 atom stereocenters. The molecule has 10 nitrogen and oxygen atoms in total. The molecule has 11 heteroatoms. The van der Waals surface area contributed by atoms with Crippen LogP contribution < -0.4 is 26.0 Å². The first-order valence-electron chi connectivity index (χ1n) is 10.8. The molecule has 0 spiro atoms. The zero-order valence-electron chi connectivity index (χ0n) is 19.5. The molecule has 2 heterocycles. The Labute approximate surface area is 195 Å². The maximum absolute atomic E-state index is 12.8. The van der Waals surface area contributed by atoms with Gasteiger partial charge in [-0.05, 0) is 32.4 Å². The average molecular weight is 476 g/mol. The van der Waals surface area contributed by atoms with Gasteiger partial charge < -0.3 is 19.4 Å². The summed E-state index contributed by atoms with van der Waals surface area (Å²) >= 11 is 1.21. The molecule has 3 aromatic rings. The second-order valence-electron chi connectivity index (χ2n) is 7.28. The topological polar surface area (TPSA) is 109 Å². The molecule has 0 fully saturated rings. The van der Waals surface area contributed by atoms with Crippen molar-refractivity contribution in [3.63, 3.8) is 0 Å². The predicted molar refractivity (Wildman–Crippen MR) is 129 cm³/mol. The maximum Gasteiger partial charge on any atom is 0.332 e. The lowest BCUT2D eigenvalue weighted by Gasteiger charge is -2.13. The zero-order valence-corrected chi connectivity index (χ0v) is 20.3. The van der Waals surface area contributed by atoms with Crippen molar-refractivity contribution in [1.29, 1.82) is 0 Å². The third-order valence-electron chi connectivity index (χ3n) is 4.93. The normalized spacial score (nSPS) is 11.1. The third-order valence-corrected chi connectivity index (χ3v) is 5.90. The minimum atomic E-state index is -0.444. The molecule has 0 saturated heterocycles. The van der Waals surface area contributed by atoms with Gasteiger partial charge in [-0.1, -0.05) is 18.7 Å². The Hall–Kier alpha value is -3.21. The van der Waals surface area contributed by atoms with E-state index in [4.69, 9.17) is 9.47 Å². The summed E-state index contributed by atoms with van der Waals surface area (Å²) < 4.78 is 15.3. The fourth-order valence-electron chi connectivity index (χ4n) is 3.43. The van der Waals surface area contributed by atoms with E-state index in [0.29, 0.717) is 53.3 Å². The lowest BCUT2D eigenvalue weighted by molar-refractivity contribution is -0.113. The average Bonchev–Trinajstić information content (AvgIpc) is 3.15. The molecule has 0 radical (unpaired) electrons. The van der Waals surface area contributed by atoms with E-state index in [2.05, 4.69) is 10.3 Å². The predicted octanol–water partition coefficient (Wildman–Crippen LogP) is 2.37. The van der Waals surface area contributed by atoms with Crippen molar-refractivity contribution in [2.45, 2.75) is 38.9 Å². The van der Waals surface area contributed by atoms with Crippen molar-refractivity contribution in [2.75, 3.05) is 24.3 Å². The SMILES string of the molecule is CCCn1c(SCC(=O)Nc2cc(OCC)ccc2OCC)nc2c1c(=O)n(C)c(=O)n2C. The van der Waals surface area contributed by atoms with Crippen LogP contribution in [0.2, 0.25) is 0 Å². The molecule has 0 aliphatic rings. The standard InChI is InChI=1S/C22H29N5O5S/c1-6-11-27-18-19(25(4)22(30)26(5)20(18)29)24-21(27)33-13-17(28)23-15-12-14(31-7-2)9-10-16(15)32-8-3/h9-10,12H,6-8,11,13H2,1-5H3,(H,23,28). The van der Waals surface area contributed by atoms with Gasteiger partial charge in [0.1, 0.15) is 11.5 Å². The first-order valence-corrected chi connectivity index (χ1v) is 11.8. The van der Waals surface area contributed by atoms with Crippen molar-refractivity contribution in [3.05, 3.63) is 39.0 Å². The molecular formula is C22H29N5O5S. The number of hydrogen-bond acceptors (Lipinski definition) is 7. The van der Waals surface area contributed by atoms with Crippen LogP contribution in [0.1, 0.15) is 27.2 Å². The highest BCUT2D eigenvalue weighted by molar-refractivity contribution is 7.99. The number of ether oxygens (including phenoxy) is 2. The van der Waals surface area contributed by atoms with Crippen molar-refractivity contribution in [3.8, 4) is 11.5 Å². The second kappa shape index (κ2) is 10.6. The summed E-state index contributed by atoms with van der Waals surface area (Å²) in [6.45, 7) is 7.25. The molecule has 178 valence electrons. The highest BCUT2D eigenvalue weighted by Gasteiger charge is 2.20. The van der Waals surface area contributed by atoms with Gasteiger partial charge in [-0.3, -0.25) is 18.7 Å². The Morgan fingerprint density at radius 1 is 1.09 bits per heavy atom. The fourth-order valence-corrected chi connectivity index (χ4v) is 4.25. The molecule has 1 N–H and O–H groups in total. The highest BCUT2D eigenvalue weighted by atomic mass is 32.2. The Morgan fingerprint density at radius 3 is 2.48 bits per heavy atom. The van der Waals surface area contributed by atoms with Crippen LogP contribution in [0.15, 0.2) is 32.9 Å². The smallest absolute Gasteiger partial charge is 0.332 e. The van der Waals surface area contributed by atoms with Gasteiger partial charge in [-0.2, -0.15) is 0 Å². The minimum Gasteiger partial charge on any atom is -0.494 e. The van der Waals surface area contributed by atoms with Gasteiger partial charge in [-0.25, -0.2) is 9.78 Å². The Balaban J connectivity index is 1.87. The molecule has 0 bridgehead atoms. The van der Waals surface area contributed by atoms with Gasteiger partial charge in [0, 0.05) is 26.7 Å². The number of fused-ring (bicyclic) bond motifs is 1. The number of rotatable bonds is 10. The summed E-state index contributed by atoms with van der Waals surface area (Å²) in [6, 6.07) is 5.27. The molecule has 0 saturated carbocycles. The molecule has 2 aromatic heterocycles. The quantitative estimate of drug-likeness (QED) is 0.448. The number of carbonyl (C=O) groups excluding carboxylic acids is 1. The van der Waals surface area contributed by atoms with Gasteiger partial charge in [0.15, 0.2) is 16.3 Å². The van der Waals surface area contributed by atoms with E-state index in [0.717, 1.165) is 11.0 Å². The lowest BCUT2D eigenvalue weighted by Crippen LogP contribution is -2.37. The van der Waals surface area contributed by atoms with E-state index >= 15 is 0 Å². The summed E-state index contributed by atoms with van der Waals surface area (Å²) in [5, 5.41) is 3.38. The van der Waals surface area contributed by atoms with Crippen LogP contribution >= 0.6 is 11.8 Å². The molecule has 1 amide bonds. The number of thioether (sulfide) groups is 1. The van der Waals surface area contributed by atoms with E-state index in [-0.39, 0.29) is 11.7 Å². The molecular weight excluding hydrogens is 446 g/mol. The van der Waals surface area contributed by atoms with E-state index in [1.54, 1.807) is 29.8 Å². The van der Waals surface area contributed by atoms with Crippen LogP contribution in [-0.4, -0.2) is 43.6 Å². The number of hydrogen-bond donors (Lipinski definition) is 1. The van der Waals surface area contributed by atoms with Crippen LogP contribution in [0, 0.1) is 0 Å². The number of aromatic nitrogens is 4. The molecule has 33 heavy (non-hydrogen) atoms. The number of amides is 1. The zero-order chi connectivity index (χ0) is 24.1. The summed E-state index contributed by atoms with van der Waals surface area (Å²) in [4.78, 5) is 42.3. The van der Waals surface area contributed by atoms with Gasteiger partial charge in [0.05, 0.1) is 24.7 Å². The van der Waals surface area contributed by atoms with Crippen molar-refractivity contribution in [2.24, 2.45) is 14.1 Å². The Kier molecular flexibility index (Phi) is 7.85. The van der Waals surface area contributed by atoms with Gasteiger partial charge in [-0.15, -0.1) is 0 Å². The van der Waals surface area contributed by atoms with Crippen LogP contribution in [0.5, 0.6) is 11.5 Å². The number of aryl methyl sites for hydroxylation is 2. The van der Waals surface area contributed by atoms with Crippen LogP contribution in [0.4, 0.5) is 5.69 Å². The van der Waals surface area contributed by atoms with Crippen molar-refractivity contribution >= 4 is 34.5 Å². The van der Waals surface area contributed by atoms with Crippen LogP contribution in [0.3, 0.4) is 0 Å². The molecule has 0 aliphatic heterocycles. The first-order chi connectivity index (χ1) is 15.8. The summed E-state index contributed by atoms with van der Waals surface area (Å²) in [6.07, 6.45) is 0.763. The van der Waals surface area contributed by atoms with Crippen LogP contribution in [0.25, 0.3) is 11.2 Å². The maximum atomic E-state index is 12.8. The number of benzene rings is 1. The van der Waals surface area contributed by atoms with E-state index < -0.39 is 11.2 Å². The monoisotopic (exact) mass is 475 g/mol. The van der Waals surface area contributed by atoms with Gasteiger partial charge >= 0.3 is 5.69 Å². The summed E-state index contributed by atoms with van der Waals surface area (Å²) in [7, 11) is 3.02. The number of anilines is 1. The molecule has 1 aromatic carbocycles. The third kappa shape index (κ3) is 5.08. The van der Waals surface area contributed by atoms with Gasteiger partial charge in [0.2, 0.25) is 5.91 Å². The molecule has 0 unspecified atom stereocenters. The summed E-state index contributed by atoms with van der Waals surface area (Å²) in [5.74, 6) is 0.985. The first kappa shape index (κ1) is 24.4. The molecule has 3 rings (SSSR count). The second-order valence-corrected chi connectivity index (χ2v) is 8.23.